The summed E-state index contributed by atoms with van der Waals surface area (Å²) in [4.78, 5) is 16.7. The monoisotopic (exact) mass is 442 g/mol. The molecule has 4 rings (SSSR count). The van der Waals surface area contributed by atoms with E-state index in [2.05, 4.69) is 28.5 Å². The molecule has 3 aromatic rings. The van der Waals surface area contributed by atoms with Gasteiger partial charge < -0.3 is 14.7 Å². The highest BCUT2D eigenvalue weighted by atomic mass is 16.5. The van der Waals surface area contributed by atoms with Gasteiger partial charge in [0, 0.05) is 12.1 Å². The molecule has 0 atom stereocenters. The molecule has 2 radical (unpaired) electrons. The molecule has 0 amide bonds. The molecule has 0 unspecified atom stereocenters. The molecular weight excluding hydrogens is 411 g/mol. The Kier molecular flexibility index (Phi) is 10.9. The van der Waals surface area contributed by atoms with E-state index in [1.54, 1.807) is 36.4 Å². The average molecular weight is 442 g/mol. The Hall–Kier alpha value is -3.38. The van der Waals surface area contributed by atoms with Crippen LogP contribution in [0.1, 0.15) is 50.0 Å². The van der Waals surface area contributed by atoms with Crippen molar-refractivity contribution in [1.29, 1.82) is 0 Å². The Labute approximate surface area is 198 Å². The molecule has 170 valence electrons. The van der Waals surface area contributed by atoms with Crippen LogP contribution in [0.25, 0.3) is 16.7 Å². The fourth-order valence-corrected chi connectivity index (χ4v) is 3.26. The van der Waals surface area contributed by atoms with Crippen molar-refractivity contribution in [1.82, 2.24) is 10.3 Å². The number of ether oxygens (including phenoxy) is 1. The minimum absolute atomic E-state index is 0.149. The van der Waals surface area contributed by atoms with Gasteiger partial charge in [0.05, 0.1) is 5.56 Å². The van der Waals surface area contributed by atoms with Crippen LogP contribution in [0.2, 0.25) is 0 Å². The number of rotatable bonds is 5. The molecule has 33 heavy (non-hydrogen) atoms. The first-order valence-corrected chi connectivity index (χ1v) is 11.4. The second-order valence-corrected chi connectivity index (χ2v) is 6.64. The van der Waals surface area contributed by atoms with Crippen molar-refractivity contribution < 1.29 is 14.2 Å². The van der Waals surface area contributed by atoms with Crippen LogP contribution in [0.5, 0.6) is 11.8 Å². The van der Waals surface area contributed by atoms with Crippen LogP contribution in [0, 0.1) is 0 Å². The van der Waals surface area contributed by atoms with Crippen molar-refractivity contribution in [3.05, 3.63) is 83.9 Å². The predicted octanol–water partition coefficient (Wildman–Crippen LogP) is 5.86. The SMILES string of the molecule is CC.CC.[B]Oc1ccc(-c2ccc(C3=CCNCC3)cc2)c(OC(=O)c2ccccc2)n1. The maximum absolute atomic E-state index is 12.5. The molecule has 0 aliphatic carbocycles. The fourth-order valence-electron chi connectivity index (χ4n) is 3.26. The molecule has 1 N–H and O–H groups in total. The smallest absolute Gasteiger partial charge is 0.376 e. The molecule has 0 saturated carbocycles. The summed E-state index contributed by atoms with van der Waals surface area (Å²) in [6, 6.07) is 20.3. The summed E-state index contributed by atoms with van der Waals surface area (Å²) in [5.41, 5.74) is 4.52. The van der Waals surface area contributed by atoms with E-state index in [0.717, 1.165) is 25.1 Å². The summed E-state index contributed by atoms with van der Waals surface area (Å²) in [5, 5.41) is 3.32. The van der Waals surface area contributed by atoms with Gasteiger partial charge in [0.25, 0.3) is 0 Å². The standard InChI is InChI=1S/C23H19BN2O3.2C2H6/c24-29-21-11-10-20(22(26-21)28-23(27)19-4-2-1-3-5-19)18-8-6-16(7-9-18)17-12-14-25-15-13-17;2*1-2/h1-12,25H,13-15H2;2*1-2H3. The van der Waals surface area contributed by atoms with Crippen LogP contribution in [-0.2, 0) is 0 Å². The van der Waals surface area contributed by atoms with Gasteiger partial charge >= 0.3 is 14.0 Å². The molecule has 1 aliphatic rings. The highest BCUT2D eigenvalue weighted by Gasteiger charge is 2.16. The maximum Gasteiger partial charge on any atom is 0.376 e. The molecule has 2 heterocycles. The number of carbonyl (C=O) groups is 1. The first-order valence-electron chi connectivity index (χ1n) is 11.4. The third-order valence-electron chi connectivity index (χ3n) is 4.78. The number of aromatic nitrogens is 1. The third-order valence-corrected chi connectivity index (χ3v) is 4.78. The number of esters is 1. The lowest BCUT2D eigenvalue weighted by atomic mass is 9.97. The lowest BCUT2D eigenvalue weighted by Gasteiger charge is -2.15. The molecule has 0 fully saturated rings. The van der Waals surface area contributed by atoms with E-state index in [4.69, 9.17) is 17.4 Å². The zero-order valence-corrected chi connectivity index (χ0v) is 19.8. The highest BCUT2D eigenvalue weighted by Crippen LogP contribution is 2.32. The molecule has 5 nitrogen and oxygen atoms in total. The number of hydrogen-bond acceptors (Lipinski definition) is 5. The molecule has 6 heteroatoms. The minimum atomic E-state index is -0.495. The van der Waals surface area contributed by atoms with Crippen molar-refractivity contribution in [2.75, 3.05) is 13.1 Å². The van der Waals surface area contributed by atoms with Crippen LogP contribution >= 0.6 is 0 Å². The van der Waals surface area contributed by atoms with Gasteiger partial charge in [-0.05, 0) is 53.9 Å². The largest absolute Gasteiger partial charge is 0.555 e. The molecule has 2 aromatic carbocycles. The van der Waals surface area contributed by atoms with E-state index in [1.165, 1.54) is 11.1 Å². The Bertz CT molecular complexity index is 1030. The Balaban J connectivity index is 0.000000914. The van der Waals surface area contributed by atoms with Gasteiger partial charge in [-0.3, -0.25) is 0 Å². The van der Waals surface area contributed by atoms with Crippen LogP contribution in [0.4, 0.5) is 0 Å². The van der Waals surface area contributed by atoms with Gasteiger partial charge in [-0.25, -0.2) is 4.79 Å². The summed E-state index contributed by atoms with van der Waals surface area (Å²) in [6.07, 6.45) is 3.21. The Morgan fingerprint density at radius 3 is 2.18 bits per heavy atom. The molecular formula is C27H31BN2O3. The number of carbonyl (C=O) groups excluding carboxylic acids is 1. The van der Waals surface area contributed by atoms with Crippen molar-refractivity contribution in [3.8, 4) is 22.9 Å². The van der Waals surface area contributed by atoms with Gasteiger partial charge in [-0.2, -0.15) is 4.98 Å². The van der Waals surface area contributed by atoms with Crippen LogP contribution < -0.4 is 14.7 Å². The second kappa shape index (κ2) is 13.9. The van der Waals surface area contributed by atoms with Crippen molar-refractivity contribution in [2.24, 2.45) is 0 Å². The van der Waals surface area contributed by atoms with E-state index >= 15 is 0 Å². The first kappa shape index (κ1) is 25.9. The van der Waals surface area contributed by atoms with Crippen LogP contribution in [0.15, 0.2) is 72.8 Å². The molecule has 0 saturated heterocycles. The van der Waals surface area contributed by atoms with E-state index in [9.17, 15) is 4.79 Å². The predicted molar refractivity (Wildman–Crippen MR) is 136 cm³/mol. The topological polar surface area (TPSA) is 60.5 Å². The van der Waals surface area contributed by atoms with Gasteiger partial charge in [0.2, 0.25) is 5.88 Å². The second-order valence-electron chi connectivity index (χ2n) is 6.64. The number of nitrogens with one attached hydrogen (secondary N) is 1. The first-order chi connectivity index (χ1) is 16.2. The summed E-state index contributed by atoms with van der Waals surface area (Å²) in [6.45, 7) is 9.87. The average Bonchev–Trinajstić information content (AvgIpc) is 2.92. The molecule has 1 aromatic heterocycles. The number of hydrogen-bond donors (Lipinski definition) is 1. The van der Waals surface area contributed by atoms with Gasteiger partial charge in [-0.1, -0.05) is 76.2 Å². The number of nitrogens with zero attached hydrogens (tertiary/aromatic N) is 1. The fraction of sp³-hybridized carbons (Fsp3) is 0.259. The lowest BCUT2D eigenvalue weighted by molar-refractivity contribution is 0.0728. The van der Waals surface area contributed by atoms with Gasteiger partial charge in [0.1, 0.15) is 0 Å². The number of pyridine rings is 1. The van der Waals surface area contributed by atoms with Crippen molar-refractivity contribution in [2.45, 2.75) is 34.1 Å². The summed E-state index contributed by atoms with van der Waals surface area (Å²) in [5.74, 6) is -0.179. The van der Waals surface area contributed by atoms with Crippen LogP contribution in [0.3, 0.4) is 0 Å². The lowest BCUT2D eigenvalue weighted by Crippen LogP contribution is -2.19. The third kappa shape index (κ3) is 7.06. The van der Waals surface area contributed by atoms with Gasteiger partial charge in [0.15, 0.2) is 5.88 Å². The quantitative estimate of drug-likeness (QED) is 0.396. The molecule has 1 aliphatic heterocycles. The molecule has 0 spiro atoms. The Morgan fingerprint density at radius 2 is 1.58 bits per heavy atom. The van der Waals surface area contributed by atoms with Crippen molar-refractivity contribution >= 4 is 19.6 Å². The zero-order chi connectivity index (χ0) is 24.1. The zero-order valence-electron chi connectivity index (χ0n) is 19.8. The van der Waals surface area contributed by atoms with E-state index in [-0.39, 0.29) is 11.8 Å². The minimum Gasteiger partial charge on any atom is -0.555 e. The van der Waals surface area contributed by atoms with E-state index in [1.807, 2.05) is 45.9 Å². The molecule has 0 bridgehead atoms. The highest BCUT2D eigenvalue weighted by molar-refractivity contribution is 5.99. The van der Waals surface area contributed by atoms with Crippen molar-refractivity contribution in [3.63, 3.8) is 0 Å². The summed E-state index contributed by atoms with van der Waals surface area (Å²) < 4.78 is 10.3. The van der Waals surface area contributed by atoms with Crippen LogP contribution in [-0.4, -0.2) is 32.1 Å². The maximum atomic E-state index is 12.5. The Morgan fingerprint density at radius 1 is 0.909 bits per heavy atom. The summed E-state index contributed by atoms with van der Waals surface area (Å²) in [7, 11) is 5.24. The normalized spacial score (nSPS) is 12.2. The van der Waals surface area contributed by atoms with E-state index < -0.39 is 5.97 Å². The number of benzene rings is 2. The summed E-state index contributed by atoms with van der Waals surface area (Å²) >= 11 is 0. The van der Waals surface area contributed by atoms with Gasteiger partial charge in [-0.15, -0.1) is 0 Å². The van der Waals surface area contributed by atoms with E-state index in [0.29, 0.717) is 11.1 Å².